The first-order chi connectivity index (χ1) is 9.86. The molecule has 0 aromatic heterocycles. The Morgan fingerprint density at radius 3 is 2.52 bits per heavy atom. The van der Waals surface area contributed by atoms with Gasteiger partial charge in [0.25, 0.3) is 0 Å². The summed E-state index contributed by atoms with van der Waals surface area (Å²) in [4.78, 5) is 21.4. The molecule has 1 heterocycles. The van der Waals surface area contributed by atoms with E-state index in [0.29, 0.717) is 12.8 Å². The highest BCUT2D eigenvalue weighted by atomic mass is 16.6. The SMILES string of the molecule is CC1CC(Oc2cc(C(=O)O)ccc2[N+](=O)[O-])CC(C)O1. The molecule has 0 amide bonds. The van der Waals surface area contributed by atoms with E-state index in [1.165, 1.54) is 12.1 Å². The number of nitrogens with zero attached hydrogens (tertiary/aromatic N) is 1. The van der Waals surface area contributed by atoms with E-state index in [0.717, 1.165) is 6.07 Å². The average molecular weight is 295 g/mol. The van der Waals surface area contributed by atoms with Crippen LogP contribution in [-0.4, -0.2) is 34.3 Å². The van der Waals surface area contributed by atoms with E-state index in [1.807, 2.05) is 13.8 Å². The number of hydrogen-bond donors (Lipinski definition) is 1. The van der Waals surface area contributed by atoms with E-state index in [4.69, 9.17) is 14.6 Å². The standard InChI is InChI=1S/C14H17NO6/c1-8-5-11(6-9(2)20-8)21-13-7-10(14(16)17)3-4-12(13)15(18)19/h3-4,7-9,11H,5-6H2,1-2H3,(H,16,17). The third-order valence-electron chi connectivity index (χ3n) is 3.35. The van der Waals surface area contributed by atoms with Crippen molar-refractivity contribution in [2.45, 2.75) is 45.0 Å². The van der Waals surface area contributed by atoms with Crippen LogP contribution < -0.4 is 4.74 Å². The van der Waals surface area contributed by atoms with Gasteiger partial charge in [0.2, 0.25) is 0 Å². The minimum Gasteiger partial charge on any atom is -0.483 e. The van der Waals surface area contributed by atoms with Crippen LogP contribution in [0.2, 0.25) is 0 Å². The normalized spacial score (nSPS) is 25.3. The van der Waals surface area contributed by atoms with Gasteiger partial charge in [0.15, 0.2) is 5.75 Å². The number of nitro groups is 1. The Morgan fingerprint density at radius 2 is 2.00 bits per heavy atom. The Kier molecular flexibility index (Phi) is 4.42. The van der Waals surface area contributed by atoms with Gasteiger partial charge in [0, 0.05) is 25.0 Å². The van der Waals surface area contributed by atoms with Crippen molar-refractivity contribution in [2.75, 3.05) is 0 Å². The van der Waals surface area contributed by atoms with Gasteiger partial charge in [-0.15, -0.1) is 0 Å². The number of benzene rings is 1. The average Bonchev–Trinajstić information content (AvgIpc) is 2.36. The minimum absolute atomic E-state index is 0.000428. The van der Waals surface area contributed by atoms with Crippen molar-refractivity contribution in [3.8, 4) is 5.75 Å². The maximum Gasteiger partial charge on any atom is 0.335 e. The van der Waals surface area contributed by atoms with Gasteiger partial charge >= 0.3 is 11.7 Å². The van der Waals surface area contributed by atoms with Crippen LogP contribution in [0, 0.1) is 10.1 Å². The van der Waals surface area contributed by atoms with Crippen LogP contribution in [0.25, 0.3) is 0 Å². The molecule has 114 valence electrons. The van der Waals surface area contributed by atoms with E-state index >= 15 is 0 Å². The van der Waals surface area contributed by atoms with E-state index in [2.05, 4.69) is 0 Å². The maximum atomic E-state index is 11.0. The van der Waals surface area contributed by atoms with Crippen LogP contribution in [0.4, 0.5) is 5.69 Å². The lowest BCUT2D eigenvalue weighted by atomic mass is 10.0. The lowest BCUT2D eigenvalue weighted by Gasteiger charge is -2.32. The second-order valence-electron chi connectivity index (χ2n) is 5.21. The third kappa shape index (κ3) is 3.69. The molecule has 0 saturated carbocycles. The topological polar surface area (TPSA) is 98.9 Å². The van der Waals surface area contributed by atoms with E-state index in [1.54, 1.807) is 0 Å². The molecule has 2 atom stereocenters. The number of carbonyl (C=O) groups is 1. The largest absolute Gasteiger partial charge is 0.483 e. The van der Waals surface area contributed by atoms with Gasteiger partial charge in [0.1, 0.15) is 6.10 Å². The monoisotopic (exact) mass is 295 g/mol. The van der Waals surface area contributed by atoms with Crippen molar-refractivity contribution in [3.63, 3.8) is 0 Å². The summed E-state index contributed by atoms with van der Waals surface area (Å²) < 4.78 is 11.3. The molecule has 1 fully saturated rings. The summed E-state index contributed by atoms with van der Waals surface area (Å²) in [5.41, 5.74) is -0.268. The van der Waals surface area contributed by atoms with Crippen molar-refractivity contribution < 1.29 is 24.3 Å². The van der Waals surface area contributed by atoms with Gasteiger partial charge in [-0.05, 0) is 19.9 Å². The highest BCUT2D eigenvalue weighted by Gasteiger charge is 2.28. The number of carboxylic acids is 1. The van der Waals surface area contributed by atoms with Gasteiger partial charge in [0.05, 0.1) is 22.7 Å². The Morgan fingerprint density at radius 1 is 1.38 bits per heavy atom. The first-order valence-corrected chi connectivity index (χ1v) is 6.70. The van der Waals surface area contributed by atoms with Crippen LogP contribution in [0.15, 0.2) is 18.2 Å². The van der Waals surface area contributed by atoms with Crippen molar-refractivity contribution in [3.05, 3.63) is 33.9 Å². The number of aromatic carboxylic acids is 1. The third-order valence-corrected chi connectivity index (χ3v) is 3.35. The number of carboxylic acid groups (broad SMARTS) is 1. The zero-order chi connectivity index (χ0) is 15.6. The predicted octanol–water partition coefficient (Wildman–Crippen LogP) is 2.63. The first kappa shape index (κ1) is 15.2. The van der Waals surface area contributed by atoms with Gasteiger partial charge in [-0.3, -0.25) is 10.1 Å². The van der Waals surface area contributed by atoms with Crippen LogP contribution in [-0.2, 0) is 4.74 Å². The van der Waals surface area contributed by atoms with Crippen LogP contribution in [0.5, 0.6) is 5.75 Å². The van der Waals surface area contributed by atoms with Crippen molar-refractivity contribution >= 4 is 11.7 Å². The smallest absolute Gasteiger partial charge is 0.335 e. The minimum atomic E-state index is -1.15. The maximum absolute atomic E-state index is 11.0. The number of nitro benzene ring substituents is 1. The summed E-state index contributed by atoms with van der Waals surface area (Å²) in [6.07, 6.45) is 0.991. The molecule has 1 saturated heterocycles. The zero-order valence-electron chi connectivity index (χ0n) is 11.8. The van der Waals surface area contributed by atoms with E-state index in [-0.39, 0.29) is 35.3 Å². The van der Waals surface area contributed by atoms with Crippen molar-refractivity contribution in [1.29, 1.82) is 0 Å². The van der Waals surface area contributed by atoms with Crippen molar-refractivity contribution in [1.82, 2.24) is 0 Å². The van der Waals surface area contributed by atoms with Crippen LogP contribution in [0.3, 0.4) is 0 Å². The molecule has 7 heteroatoms. The quantitative estimate of drug-likeness (QED) is 0.677. The molecule has 0 spiro atoms. The van der Waals surface area contributed by atoms with Crippen LogP contribution >= 0.6 is 0 Å². The Labute approximate surface area is 121 Å². The van der Waals surface area contributed by atoms with Gasteiger partial charge < -0.3 is 14.6 Å². The molecule has 1 aliphatic heterocycles. The second kappa shape index (κ2) is 6.09. The summed E-state index contributed by atoms with van der Waals surface area (Å²) in [6, 6.07) is 3.55. The highest BCUT2D eigenvalue weighted by Crippen LogP contribution is 2.32. The molecular formula is C14H17NO6. The van der Waals surface area contributed by atoms with Crippen LogP contribution in [0.1, 0.15) is 37.0 Å². The molecule has 1 N–H and O–H groups in total. The lowest BCUT2D eigenvalue weighted by molar-refractivity contribution is -0.386. The number of rotatable bonds is 4. The molecule has 2 rings (SSSR count). The molecule has 0 aliphatic carbocycles. The summed E-state index contributed by atoms with van der Waals surface area (Å²) in [6.45, 7) is 3.82. The van der Waals surface area contributed by atoms with Gasteiger partial charge in [-0.25, -0.2) is 4.79 Å². The summed E-state index contributed by atoms with van der Waals surface area (Å²) in [5.74, 6) is -1.16. The molecule has 21 heavy (non-hydrogen) atoms. The lowest BCUT2D eigenvalue weighted by Crippen LogP contribution is -2.35. The molecule has 7 nitrogen and oxygen atoms in total. The number of hydrogen-bond acceptors (Lipinski definition) is 5. The Bertz CT molecular complexity index is 548. The molecular weight excluding hydrogens is 278 g/mol. The second-order valence-corrected chi connectivity index (χ2v) is 5.21. The fourth-order valence-corrected chi connectivity index (χ4v) is 2.51. The predicted molar refractivity (Wildman–Crippen MR) is 73.7 cm³/mol. The fourth-order valence-electron chi connectivity index (χ4n) is 2.51. The molecule has 1 aromatic carbocycles. The zero-order valence-corrected chi connectivity index (χ0v) is 11.8. The van der Waals surface area contributed by atoms with E-state index in [9.17, 15) is 14.9 Å². The molecule has 0 radical (unpaired) electrons. The molecule has 1 aromatic rings. The molecule has 2 unspecified atom stereocenters. The van der Waals surface area contributed by atoms with Gasteiger partial charge in [-0.2, -0.15) is 0 Å². The molecule has 1 aliphatic rings. The Hall–Kier alpha value is -2.15. The van der Waals surface area contributed by atoms with E-state index < -0.39 is 10.9 Å². The molecule has 0 bridgehead atoms. The first-order valence-electron chi connectivity index (χ1n) is 6.70. The number of ether oxygens (including phenoxy) is 2. The summed E-state index contributed by atoms with van der Waals surface area (Å²) in [5, 5.41) is 20.0. The summed E-state index contributed by atoms with van der Waals surface area (Å²) >= 11 is 0. The summed E-state index contributed by atoms with van der Waals surface area (Å²) in [7, 11) is 0. The van der Waals surface area contributed by atoms with Gasteiger partial charge in [-0.1, -0.05) is 0 Å². The van der Waals surface area contributed by atoms with Crippen molar-refractivity contribution in [2.24, 2.45) is 0 Å². The fraction of sp³-hybridized carbons (Fsp3) is 0.500. The highest BCUT2D eigenvalue weighted by molar-refractivity contribution is 5.88. The Balaban J connectivity index is 2.26.